The minimum atomic E-state index is -4.55. The summed E-state index contributed by atoms with van der Waals surface area (Å²) in [6.45, 7) is 1.83. The number of rotatable bonds is 4. The van der Waals surface area contributed by atoms with Crippen LogP contribution in [0.3, 0.4) is 0 Å². The Hall–Kier alpha value is -1.93. The monoisotopic (exact) mass is 360 g/mol. The highest BCUT2D eigenvalue weighted by Gasteiger charge is 2.38. The van der Waals surface area contributed by atoms with E-state index >= 15 is 0 Å². The van der Waals surface area contributed by atoms with E-state index in [0.717, 1.165) is 18.9 Å². The lowest BCUT2D eigenvalue weighted by atomic mass is 9.93. The first kappa shape index (κ1) is 17.9. The molecule has 2 heterocycles. The van der Waals surface area contributed by atoms with Crippen LogP contribution in [0, 0.1) is 12.8 Å². The fourth-order valence-electron chi connectivity index (χ4n) is 2.91. The van der Waals surface area contributed by atoms with Gasteiger partial charge in [0.1, 0.15) is 23.0 Å². The molecule has 0 aromatic carbocycles. The number of hydrogen-bond donors (Lipinski definition) is 1. The normalized spacial score (nSPS) is 20.4. The number of nitrogens with one attached hydrogen (secondary N) is 1. The van der Waals surface area contributed by atoms with Crippen molar-refractivity contribution >= 4 is 11.7 Å². The van der Waals surface area contributed by atoms with Crippen molar-refractivity contribution in [1.82, 2.24) is 15.3 Å². The summed E-state index contributed by atoms with van der Waals surface area (Å²) in [7, 11) is 0. The first-order valence-corrected chi connectivity index (χ1v) is 8.31. The number of hydrogen-bond acceptors (Lipinski definition) is 4. The Labute approximate surface area is 142 Å². The molecule has 0 spiro atoms. The van der Waals surface area contributed by atoms with Gasteiger partial charge in [0.15, 0.2) is 0 Å². The van der Waals surface area contributed by atoms with Crippen LogP contribution in [-0.4, -0.2) is 41.2 Å². The van der Waals surface area contributed by atoms with Crippen molar-refractivity contribution in [2.24, 2.45) is 5.92 Å². The number of piperidine rings is 1. The number of amides is 1. The van der Waals surface area contributed by atoms with Crippen LogP contribution in [0.25, 0.3) is 0 Å². The van der Waals surface area contributed by atoms with E-state index in [4.69, 9.17) is 0 Å². The van der Waals surface area contributed by atoms with E-state index in [1.807, 2.05) is 0 Å². The molecule has 25 heavy (non-hydrogen) atoms. The van der Waals surface area contributed by atoms with E-state index in [2.05, 4.69) is 15.3 Å². The van der Waals surface area contributed by atoms with Crippen LogP contribution < -0.4 is 10.2 Å². The zero-order valence-electron chi connectivity index (χ0n) is 13.9. The van der Waals surface area contributed by atoms with Crippen molar-refractivity contribution in [3.8, 4) is 0 Å². The largest absolute Gasteiger partial charge is 0.433 e. The highest BCUT2D eigenvalue weighted by atomic mass is 19.4. The fourth-order valence-corrected chi connectivity index (χ4v) is 2.91. The van der Waals surface area contributed by atoms with Crippen LogP contribution in [0.15, 0.2) is 6.07 Å². The molecular formula is C16H20F4N4O. The van der Waals surface area contributed by atoms with Crippen molar-refractivity contribution in [3.63, 3.8) is 0 Å². The molecule has 1 aliphatic carbocycles. The summed E-state index contributed by atoms with van der Waals surface area (Å²) in [5, 5.41) is 2.64. The van der Waals surface area contributed by atoms with E-state index in [-0.39, 0.29) is 55.9 Å². The van der Waals surface area contributed by atoms with Crippen LogP contribution in [0.2, 0.25) is 0 Å². The van der Waals surface area contributed by atoms with Gasteiger partial charge in [-0.15, -0.1) is 0 Å². The SMILES string of the molecule is Cc1nc(N2CCC(F)(CNC(=O)C3CC3)CC2)cc(C(F)(F)F)n1. The van der Waals surface area contributed by atoms with Gasteiger partial charge in [0, 0.05) is 37.9 Å². The summed E-state index contributed by atoms with van der Waals surface area (Å²) < 4.78 is 53.4. The molecule has 1 saturated carbocycles. The van der Waals surface area contributed by atoms with Gasteiger partial charge in [0.05, 0.1) is 6.54 Å². The van der Waals surface area contributed by atoms with Crippen molar-refractivity contribution in [3.05, 3.63) is 17.6 Å². The lowest BCUT2D eigenvalue weighted by molar-refractivity contribution is -0.141. The quantitative estimate of drug-likeness (QED) is 0.839. The number of aryl methyl sites for hydroxylation is 1. The highest BCUT2D eigenvalue weighted by molar-refractivity contribution is 5.80. The molecule has 0 bridgehead atoms. The average molecular weight is 360 g/mol. The Morgan fingerprint density at radius 1 is 1.32 bits per heavy atom. The van der Waals surface area contributed by atoms with Crippen LogP contribution in [0.1, 0.15) is 37.2 Å². The molecule has 1 aromatic heterocycles. The third-order valence-electron chi connectivity index (χ3n) is 4.63. The standard InChI is InChI=1S/C16H20F4N4O/c1-10-22-12(16(18,19)20)8-13(23-10)24-6-4-15(17,5-7-24)9-21-14(25)11-2-3-11/h8,11H,2-7,9H2,1H3,(H,21,25). The number of carbonyl (C=O) groups excluding carboxylic acids is 1. The maximum Gasteiger partial charge on any atom is 0.433 e. The first-order valence-electron chi connectivity index (χ1n) is 8.31. The Morgan fingerprint density at radius 2 is 1.96 bits per heavy atom. The van der Waals surface area contributed by atoms with Crippen molar-refractivity contribution < 1.29 is 22.4 Å². The van der Waals surface area contributed by atoms with Crippen molar-refractivity contribution in [2.45, 2.75) is 44.5 Å². The second-order valence-corrected chi connectivity index (χ2v) is 6.79. The van der Waals surface area contributed by atoms with Gasteiger partial charge >= 0.3 is 6.18 Å². The maximum atomic E-state index is 14.8. The number of alkyl halides is 4. The molecule has 138 valence electrons. The summed E-state index contributed by atoms with van der Waals surface area (Å²) in [6.07, 6.45) is -2.58. The molecule has 0 atom stereocenters. The van der Waals surface area contributed by atoms with E-state index in [0.29, 0.717) is 0 Å². The zero-order valence-corrected chi connectivity index (χ0v) is 13.9. The van der Waals surface area contributed by atoms with Crippen molar-refractivity contribution in [2.75, 3.05) is 24.5 Å². The predicted molar refractivity (Wildman–Crippen MR) is 82.8 cm³/mol. The second-order valence-electron chi connectivity index (χ2n) is 6.79. The van der Waals surface area contributed by atoms with Gasteiger partial charge in [-0.2, -0.15) is 13.2 Å². The Balaban J connectivity index is 1.61. The van der Waals surface area contributed by atoms with Gasteiger partial charge in [-0.3, -0.25) is 4.79 Å². The molecule has 0 unspecified atom stereocenters. The molecule has 1 N–H and O–H groups in total. The van der Waals surface area contributed by atoms with E-state index < -0.39 is 17.5 Å². The van der Waals surface area contributed by atoms with Gasteiger partial charge in [0.25, 0.3) is 0 Å². The Bertz CT molecular complexity index is 652. The molecule has 1 aliphatic heterocycles. The minimum absolute atomic E-state index is 0.0217. The van der Waals surface area contributed by atoms with Gasteiger partial charge in [0.2, 0.25) is 5.91 Å². The maximum absolute atomic E-state index is 14.8. The van der Waals surface area contributed by atoms with Gasteiger partial charge < -0.3 is 10.2 Å². The lowest BCUT2D eigenvalue weighted by Gasteiger charge is -2.37. The molecule has 1 saturated heterocycles. The van der Waals surface area contributed by atoms with Crippen molar-refractivity contribution in [1.29, 1.82) is 0 Å². The molecular weight excluding hydrogens is 340 g/mol. The predicted octanol–water partition coefficient (Wildman–Crippen LogP) is 2.64. The summed E-state index contributed by atoms with van der Waals surface area (Å²) in [4.78, 5) is 20.7. The number of aromatic nitrogens is 2. The van der Waals surface area contributed by atoms with Crippen LogP contribution in [0.5, 0.6) is 0 Å². The minimum Gasteiger partial charge on any atom is -0.356 e. The molecule has 2 fully saturated rings. The Kier molecular flexibility index (Phi) is 4.59. The second kappa shape index (κ2) is 6.42. The zero-order chi connectivity index (χ0) is 18.2. The van der Waals surface area contributed by atoms with Crippen LogP contribution >= 0.6 is 0 Å². The summed E-state index contributed by atoms with van der Waals surface area (Å²) in [5.41, 5.74) is -2.53. The summed E-state index contributed by atoms with van der Waals surface area (Å²) in [6, 6.07) is 0.896. The first-order chi connectivity index (χ1) is 11.7. The highest BCUT2D eigenvalue weighted by Crippen LogP contribution is 2.33. The molecule has 1 amide bonds. The molecule has 0 radical (unpaired) electrons. The van der Waals surface area contributed by atoms with E-state index in [1.54, 1.807) is 4.90 Å². The third kappa shape index (κ3) is 4.38. The molecule has 5 nitrogen and oxygen atoms in total. The van der Waals surface area contributed by atoms with E-state index in [1.165, 1.54) is 6.92 Å². The fraction of sp³-hybridized carbons (Fsp3) is 0.688. The number of halogens is 4. The summed E-state index contributed by atoms with van der Waals surface area (Å²) >= 11 is 0. The molecule has 1 aromatic rings. The third-order valence-corrected chi connectivity index (χ3v) is 4.63. The van der Waals surface area contributed by atoms with Crippen LogP contribution in [0.4, 0.5) is 23.4 Å². The van der Waals surface area contributed by atoms with Gasteiger partial charge in [-0.25, -0.2) is 14.4 Å². The number of nitrogens with zero attached hydrogens (tertiary/aromatic N) is 3. The topological polar surface area (TPSA) is 58.1 Å². The molecule has 9 heteroatoms. The van der Waals surface area contributed by atoms with E-state index in [9.17, 15) is 22.4 Å². The summed E-state index contributed by atoms with van der Waals surface area (Å²) in [5.74, 6) is 0.0941. The molecule has 2 aliphatic rings. The number of carbonyl (C=O) groups is 1. The Morgan fingerprint density at radius 3 is 2.52 bits per heavy atom. The van der Waals surface area contributed by atoms with Gasteiger partial charge in [-0.1, -0.05) is 0 Å². The molecule has 3 rings (SSSR count). The van der Waals surface area contributed by atoms with Gasteiger partial charge in [-0.05, 0) is 19.8 Å². The lowest BCUT2D eigenvalue weighted by Crippen LogP contribution is -2.48. The number of anilines is 1. The average Bonchev–Trinajstić information content (AvgIpc) is 3.37. The smallest absolute Gasteiger partial charge is 0.356 e. The van der Waals surface area contributed by atoms with Crippen LogP contribution in [-0.2, 0) is 11.0 Å².